The molecule has 1 saturated carbocycles. The predicted molar refractivity (Wildman–Crippen MR) is 68.6 cm³/mol. The van der Waals surface area contributed by atoms with Gasteiger partial charge < -0.3 is 10.4 Å². The molecular formula is C13H21NOS. The first-order valence-electron chi connectivity index (χ1n) is 6.19. The Kier molecular flexibility index (Phi) is 4.00. The van der Waals surface area contributed by atoms with E-state index < -0.39 is 0 Å². The van der Waals surface area contributed by atoms with Gasteiger partial charge in [-0.2, -0.15) is 0 Å². The van der Waals surface area contributed by atoms with Gasteiger partial charge in [0.15, 0.2) is 0 Å². The fourth-order valence-corrected chi connectivity index (χ4v) is 3.56. The number of aliphatic hydroxyl groups excluding tert-OH is 1. The highest BCUT2D eigenvalue weighted by Crippen LogP contribution is 2.37. The van der Waals surface area contributed by atoms with Crippen LogP contribution in [0.2, 0.25) is 0 Å². The molecule has 1 aliphatic carbocycles. The average Bonchev–Trinajstić information content (AvgIpc) is 2.96. The van der Waals surface area contributed by atoms with Crippen molar-refractivity contribution in [1.82, 2.24) is 5.32 Å². The molecule has 0 bridgehead atoms. The summed E-state index contributed by atoms with van der Waals surface area (Å²) in [4.78, 5) is 1.36. The van der Waals surface area contributed by atoms with E-state index in [4.69, 9.17) is 0 Å². The molecular weight excluding hydrogens is 218 g/mol. The number of rotatable bonds is 5. The first kappa shape index (κ1) is 12.1. The van der Waals surface area contributed by atoms with Gasteiger partial charge in [-0.1, -0.05) is 25.8 Å². The maximum absolute atomic E-state index is 9.69. The Balaban J connectivity index is 1.99. The van der Waals surface area contributed by atoms with Crippen LogP contribution in [0, 0.1) is 5.92 Å². The zero-order valence-electron chi connectivity index (χ0n) is 9.91. The number of nitrogens with one attached hydrogen (secondary N) is 1. The summed E-state index contributed by atoms with van der Waals surface area (Å²) < 4.78 is 0. The average molecular weight is 239 g/mol. The Morgan fingerprint density at radius 3 is 3.12 bits per heavy atom. The van der Waals surface area contributed by atoms with Crippen molar-refractivity contribution in [3.63, 3.8) is 0 Å². The molecule has 3 heteroatoms. The molecule has 90 valence electrons. The number of thiophene rings is 1. The van der Waals surface area contributed by atoms with E-state index in [1.54, 1.807) is 11.3 Å². The highest BCUT2D eigenvalue weighted by Gasteiger charge is 2.40. The molecule has 2 nitrogen and oxygen atoms in total. The van der Waals surface area contributed by atoms with E-state index in [-0.39, 0.29) is 12.1 Å². The second-order valence-corrected chi connectivity index (χ2v) is 5.78. The topological polar surface area (TPSA) is 32.3 Å². The third-order valence-corrected chi connectivity index (χ3v) is 4.80. The van der Waals surface area contributed by atoms with E-state index in [0.717, 1.165) is 19.4 Å². The van der Waals surface area contributed by atoms with Crippen molar-refractivity contribution >= 4 is 11.3 Å². The molecule has 2 N–H and O–H groups in total. The minimum atomic E-state index is -0.0151. The van der Waals surface area contributed by atoms with Gasteiger partial charge >= 0.3 is 0 Å². The number of hydrogen-bond acceptors (Lipinski definition) is 3. The molecule has 1 fully saturated rings. The van der Waals surface area contributed by atoms with Gasteiger partial charge in [-0.25, -0.2) is 0 Å². The first-order chi connectivity index (χ1) is 7.80. The van der Waals surface area contributed by atoms with Crippen molar-refractivity contribution in [3.05, 3.63) is 22.4 Å². The van der Waals surface area contributed by atoms with Crippen molar-refractivity contribution in [2.75, 3.05) is 6.61 Å². The van der Waals surface area contributed by atoms with E-state index in [1.807, 2.05) is 0 Å². The maximum Gasteiger partial charge on any atom is 0.0616 e. The van der Waals surface area contributed by atoms with Crippen LogP contribution in [0.3, 0.4) is 0 Å². The SMILES string of the molecule is CCC1CCCC1(CO)NCc1cccs1. The van der Waals surface area contributed by atoms with Gasteiger partial charge in [-0.05, 0) is 30.2 Å². The van der Waals surface area contributed by atoms with Crippen LogP contribution < -0.4 is 5.32 Å². The molecule has 1 aromatic rings. The summed E-state index contributed by atoms with van der Waals surface area (Å²) in [5.41, 5.74) is -0.0151. The lowest BCUT2D eigenvalue weighted by molar-refractivity contribution is 0.120. The van der Waals surface area contributed by atoms with Crippen LogP contribution in [0.1, 0.15) is 37.5 Å². The van der Waals surface area contributed by atoms with Crippen molar-refractivity contribution < 1.29 is 5.11 Å². The normalized spacial score (nSPS) is 29.8. The van der Waals surface area contributed by atoms with Gasteiger partial charge in [-0.15, -0.1) is 11.3 Å². The minimum absolute atomic E-state index is 0.0151. The molecule has 16 heavy (non-hydrogen) atoms. The number of aliphatic hydroxyl groups is 1. The van der Waals surface area contributed by atoms with E-state index in [1.165, 1.54) is 17.7 Å². The third kappa shape index (κ3) is 2.31. The molecule has 0 spiro atoms. The lowest BCUT2D eigenvalue weighted by Gasteiger charge is -2.34. The molecule has 2 rings (SSSR count). The molecule has 2 atom stereocenters. The van der Waals surface area contributed by atoms with E-state index in [2.05, 4.69) is 29.8 Å². The standard InChI is InChI=1S/C13H21NOS/c1-2-11-5-3-7-13(11,10-15)14-9-12-6-4-8-16-12/h4,6,8,11,14-15H,2-3,5,7,9-10H2,1H3. The summed E-state index contributed by atoms with van der Waals surface area (Å²) in [7, 11) is 0. The molecule has 0 saturated heterocycles. The van der Waals surface area contributed by atoms with Gasteiger partial charge in [0, 0.05) is 17.0 Å². The van der Waals surface area contributed by atoms with E-state index >= 15 is 0 Å². The zero-order valence-corrected chi connectivity index (χ0v) is 10.7. The van der Waals surface area contributed by atoms with Gasteiger partial charge in [-0.3, -0.25) is 0 Å². The maximum atomic E-state index is 9.69. The summed E-state index contributed by atoms with van der Waals surface area (Å²) in [6, 6.07) is 4.23. The highest BCUT2D eigenvalue weighted by atomic mass is 32.1. The Hall–Kier alpha value is -0.380. The molecule has 0 radical (unpaired) electrons. The summed E-state index contributed by atoms with van der Waals surface area (Å²) in [5.74, 6) is 0.637. The predicted octanol–water partition coefficient (Wildman–Crippen LogP) is 2.78. The molecule has 2 unspecified atom stereocenters. The van der Waals surface area contributed by atoms with Crippen LogP contribution in [0.25, 0.3) is 0 Å². The van der Waals surface area contributed by atoms with Crippen molar-refractivity contribution in [1.29, 1.82) is 0 Å². The highest BCUT2D eigenvalue weighted by molar-refractivity contribution is 7.09. The molecule has 0 aromatic carbocycles. The monoisotopic (exact) mass is 239 g/mol. The summed E-state index contributed by atoms with van der Waals surface area (Å²) in [6.07, 6.45) is 4.79. The van der Waals surface area contributed by atoms with Gasteiger partial charge in [0.25, 0.3) is 0 Å². The zero-order chi connectivity index (χ0) is 11.4. The third-order valence-electron chi connectivity index (χ3n) is 3.93. The Morgan fingerprint density at radius 1 is 1.62 bits per heavy atom. The molecule has 1 aliphatic rings. The van der Waals surface area contributed by atoms with Crippen LogP contribution in [-0.4, -0.2) is 17.3 Å². The van der Waals surface area contributed by atoms with Crippen LogP contribution in [-0.2, 0) is 6.54 Å². The van der Waals surface area contributed by atoms with Crippen molar-refractivity contribution in [2.45, 2.75) is 44.7 Å². The first-order valence-corrected chi connectivity index (χ1v) is 7.07. The molecule has 1 heterocycles. The molecule has 1 aromatic heterocycles. The van der Waals surface area contributed by atoms with Crippen LogP contribution in [0.15, 0.2) is 17.5 Å². The summed E-state index contributed by atoms with van der Waals surface area (Å²) in [5, 5.41) is 15.4. The van der Waals surface area contributed by atoms with Gasteiger partial charge in [0.1, 0.15) is 0 Å². The minimum Gasteiger partial charge on any atom is -0.394 e. The Morgan fingerprint density at radius 2 is 2.50 bits per heavy atom. The lowest BCUT2D eigenvalue weighted by Crippen LogP contribution is -2.50. The molecule has 0 amide bonds. The fourth-order valence-electron chi connectivity index (χ4n) is 2.91. The van der Waals surface area contributed by atoms with Crippen LogP contribution in [0.4, 0.5) is 0 Å². The van der Waals surface area contributed by atoms with Crippen LogP contribution in [0.5, 0.6) is 0 Å². The van der Waals surface area contributed by atoms with Crippen molar-refractivity contribution in [3.8, 4) is 0 Å². The summed E-state index contributed by atoms with van der Waals surface area (Å²) >= 11 is 1.78. The number of hydrogen-bond donors (Lipinski definition) is 2. The van der Waals surface area contributed by atoms with E-state index in [0.29, 0.717) is 5.92 Å². The Bertz CT molecular complexity index is 312. The Labute approximate surface area is 102 Å². The second-order valence-electron chi connectivity index (χ2n) is 4.74. The van der Waals surface area contributed by atoms with Crippen molar-refractivity contribution in [2.24, 2.45) is 5.92 Å². The molecule has 0 aliphatic heterocycles. The van der Waals surface area contributed by atoms with Crippen LogP contribution >= 0.6 is 11.3 Å². The largest absolute Gasteiger partial charge is 0.394 e. The van der Waals surface area contributed by atoms with Gasteiger partial charge in [0.05, 0.1) is 6.61 Å². The van der Waals surface area contributed by atoms with E-state index in [9.17, 15) is 5.11 Å². The smallest absolute Gasteiger partial charge is 0.0616 e. The van der Waals surface area contributed by atoms with Gasteiger partial charge in [0.2, 0.25) is 0 Å². The second kappa shape index (κ2) is 5.30. The quantitative estimate of drug-likeness (QED) is 0.828. The fraction of sp³-hybridized carbons (Fsp3) is 0.692. The lowest BCUT2D eigenvalue weighted by atomic mass is 9.86. The summed E-state index contributed by atoms with van der Waals surface area (Å²) in [6.45, 7) is 3.40.